The molecule has 0 unspecified atom stereocenters. The highest BCUT2D eigenvalue weighted by atomic mass is 16.5. The molecule has 1 rings (SSSR count). The maximum absolute atomic E-state index is 11.3. The molecule has 0 amide bonds. The first-order valence-electron chi connectivity index (χ1n) is 13.8. The molecule has 0 bridgehead atoms. The molecule has 0 aliphatic rings. The zero-order valence-electron chi connectivity index (χ0n) is 23.0. The van der Waals surface area contributed by atoms with Crippen molar-refractivity contribution < 1.29 is 19.1 Å². The zero-order chi connectivity index (χ0) is 26.9. The van der Waals surface area contributed by atoms with E-state index in [0.717, 1.165) is 12.0 Å². The van der Waals surface area contributed by atoms with Crippen LogP contribution < -0.4 is 4.74 Å². The van der Waals surface area contributed by atoms with Gasteiger partial charge in [0.1, 0.15) is 5.75 Å². The highest BCUT2D eigenvalue weighted by molar-refractivity contribution is 5.88. The maximum Gasteiger partial charge on any atom is 0.338 e. The average molecular weight is 499 g/mol. The highest BCUT2D eigenvalue weighted by Gasteiger charge is 2.08. The number of para-hydroxylation sites is 1. The Balaban J connectivity index is 0.000000717. The minimum Gasteiger partial charge on any atom is -0.463 e. The number of ether oxygens (including phenoxy) is 2. The number of allylic oxidation sites excluding steroid dienone is 1. The molecule has 4 nitrogen and oxygen atoms in total. The third-order valence-electron chi connectivity index (χ3n) is 5.80. The number of esters is 2. The molecule has 0 radical (unpaired) electrons. The summed E-state index contributed by atoms with van der Waals surface area (Å²) in [4.78, 5) is 22.1. The van der Waals surface area contributed by atoms with Gasteiger partial charge in [0, 0.05) is 11.6 Å². The molecular weight excluding hydrogens is 448 g/mol. The van der Waals surface area contributed by atoms with Gasteiger partial charge in [0.05, 0.1) is 6.61 Å². The van der Waals surface area contributed by atoms with E-state index in [0.29, 0.717) is 24.4 Å². The summed E-state index contributed by atoms with van der Waals surface area (Å²) < 4.78 is 10.1. The van der Waals surface area contributed by atoms with Crippen LogP contribution in [0, 0.1) is 0 Å². The van der Waals surface area contributed by atoms with E-state index in [9.17, 15) is 9.59 Å². The van der Waals surface area contributed by atoms with Crippen molar-refractivity contribution in [3.05, 3.63) is 67.3 Å². The normalized spacial score (nSPS) is 10.1. The van der Waals surface area contributed by atoms with Gasteiger partial charge in [-0.05, 0) is 31.4 Å². The van der Waals surface area contributed by atoms with Crippen LogP contribution in [0.3, 0.4) is 0 Å². The second kappa shape index (κ2) is 24.1. The number of rotatable bonds is 20. The van der Waals surface area contributed by atoms with E-state index in [2.05, 4.69) is 26.7 Å². The van der Waals surface area contributed by atoms with Crippen LogP contribution >= 0.6 is 0 Å². The van der Waals surface area contributed by atoms with Gasteiger partial charge in [-0.2, -0.15) is 0 Å². The second-order valence-corrected chi connectivity index (χ2v) is 9.24. The van der Waals surface area contributed by atoms with Gasteiger partial charge in [0.15, 0.2) is 0 Å². The molecule has 0 aliphatic carbocycles. The Bertz CT molecular complexity index is 750. The number of benzene rings is 1. The Morgan fingerprint density at radius 3 is 1.78 bits per heavy atom. The summed E-state index contributed by atoms with van der Waals surface area (Å²) in [5.41, 5.74) is 1.34. The molecule has 4 heteroatoms. The summed E-state index contributed by atoms with van der Waals surface area (Å²) in [5, 5.41) is 0. The minimum atomic E-state index is -0.397. The number of hydrogen-bond acceptors (Lipinski definition) is 4. The number of unbranched alkanes of at least 4 members (excludes halogenated alkanes) is 13. The Labute approximate surface area is 220 Å². The van der Waals surface area contributed by atoms with Crippen molar-refractivity contribution in [2.75, 3.05) is 6.61 Å². The van der Waals surface area contributed by atoms with Crippen molar-refractivity contribution in [1.82, 2.24) is 0 Å². The first kappa shape index (κ1) is 33.4. The molecular formula is C32H50O4. The molecule has 0 spiro atoms. The van der Waals surface area contributed by atoms with E-state index in [1.165, 1.54) is 89.5 Å². The van der Waals surface area contributed by atoms with Gasteiger partial charge < -0.3 is 9.47 Å². The van der Waals surface area contributed by atoms with Crippen molar-refractivity contribution in [2.24, 2.45) is 0 Å². The van der Waals surface area contributed by atoms with Gasteiger partial charge in [-0.15, -0.1) is 6.58 Å². The van der Waals surface area contributed by atoms with Crippen LogP contribution in [-0.2, 0) is 20.7 Å². The largest absolute Gasteiger partial charge is 0.463 e. The third-order valence-corrected chi connectivity index (χ3v) is 5.80. The molecule has 36 heavy (non-hydrogen) atoms. The number of hydrogen-bond donors (Lipinski definition) is 0. The van der Waals surface area contributed by atoms with Crippen LogP contribution in [0.5, 0.6) is 5.75 Å². The lowest BCUT2D eigenvalue weighted by atomic mass is 10.0. The second-order valence-electron chi connectivity index (χ2n) is 9.24. The summed E-state index contributed by atoms with van der Waals surface area (Å²) >= 11 is 0. The van der Waals surface area contributed by atoms with Crippen molar-refractivity contribution >= 4 is 11.9 Å². The average Bonchev–Trinajstić information content (AvgIpc) is 2.87. The van der Waals surface area contributed by atoms with Crippen LogP contribution in [0.25, 0.3) is 0 Å². The minimum absolute atomic E-state index is 0.301. The van der Waals surface area contributed by atoms with Gasteiger partial charge in [-0.25, -0.2) is 9.59 Å². The lowest BCUT2D eigenvalue weighted by Crippen LogP contribution is -2.09. The van der Waals surface area contributed by atoms with Crippen molar-refractivity contribution in [1.29, 1.82) is 0 Å². The van der Waals surface area contributed by atoms with Gasteiger partial charge in [-0.1, -0.05) is 128 Å². The summed E-state index contributed by atoms with van der Waals surface area (Å²) in [7, 11) is 0. The van der Waals surface area contributed by atoms with E-state index < -0.39 is 5.97 Å². The van der Waals surface area contributed by atoms with E-state index >= 15 is 0 Å². The topological polar surface area (TPSA) is 52.6 Å². The molecule has 1 aromatic carbocycles. The molecule has 0 aromatic heterocycles. The molecule has 0 aliphatic heterocycles. The van der Waals surface area contributed by atoms with Crippen LogP contribution in [0.4, 0.5) is 0 Å². The molecule has 0 N–H and O–H groups in total. The SMILES string of the molecule is C=CC(=O)OCCCCCCCCCCCCCCCC.C=CCc1ccccc1OC(=O)C(=C)C. The van der Waals surface area contributed by atoms with Crippen LogP contribution in [-0.4, -0.2) is 18.5 Å². The van der Waals surface area contributed by atoms with E-state index in [1.54, 1.807) is 19.1 Å². The van der Waals surface area contributed by atoms with Gasteiger partial charge in [-0.3, -0.25) is 0 Å². The summed E-state index contributed by atoms with van der Waals surface area (Å²) in [6.45, 7) is 15.0. The van der Waals surface area contributed by atoms with Gasteiger partial charge in [0.25, 0.3) is 0 Å². The maximum atomic E-state index is 11.3. The predicted molar refractivity (Wildman–Crippen MR) is 152 cm³/mol. The standard InChI is InChI=1S/C19H36O2.C13H14O2/c1-3-5-6-7-8-9-10-11-12-13-14-15-16-17-18-21-19(20)4-2;1-4-7-11-8-5-6-9-12(11)15-13(14)10(2)3/h4H,2-3,5-18H2,1H3;4-6,8-9H,1-2,7H2,3H3. The van der Waals surface area contributed by atoms with Gasteiger partial charge >= 0.3 is 11.9 Å². The smallest absolute Gasteiger partial charge is 0.338 e. The quantitative estimate of drug-likeness (QED) is 0.0591. The van der Waals surface area contributed by atoms with E-state index in [1.807, 2.05) is 18.2 Å². The first-order valence-corrected chi connectivity index (χ1v) is 13.8. The molecule has 0 heterocycles. The number of carbonyl (C=O) groups is 2. The fraction of sp³-hybridized carbons (Fsp3) is 0.562. The van der Waals surface area contributed by atoms with Crippen molar-refractivity contribution in [2.45, 2.75) is 110 Å². The monoisotopic (exact) mass is 498 g/mol. The predicted octanol–water partition coefficient (Wildman–Crippen LogP) is 9.09. The fourth-order valence-corrected chi connectivity index (χ4v) is 3.64. The van der Waals surface area contributed by atoms with E-state index in [4.69, 9.17) is 9.47 Å². The number of carbonyl (C=O) groups excluding carboxylic acids is 2. The molecule has 1 aromatic rings. The first-order chi connectivity index (χ1) is 17.5. The molecule has 202 valence electrons. The van der Waals surface area contributed by atoms with E-state index in [-0.39, 0.29) is 5.97 Å². The van der Waals surface area contributed by atoms with Crippen molar-refractivity contribution in [3.63, 3.8) is 0 Å². The lowest BCUT2D eigenvalue weighted by molar-refractivity contribution is -0.137. The van der Waals surface area contributed by atoms with Crippen LogP contribution in [0.1, 0.15) is 109 Å². The lowest BCUT2D eigenvalue weighted by Gasteiger charge is -2.07. The zero-order valence-corrected chi connectivity index (χ0v) is 23.0. The highest BCUT2D eigenvalue weighted by Crippen LogP contribution is 2.19. The summed E-state index contributed by atoms with van der Waals surface area (Å²) in [6.07, 6.45) is 22.5. The van der Waals surface area contributed by atoms with Gasteiger partial charge in [0.2, 0.25) is 0 Å². The Morgan fingerprint density at radius 2 is 1.31 bits per heavy atom. The van der Waals surface area contributed by atoms with Crippen molar-refractivity contribution in [3.8, 4) is 5.75 Å². The Morgan fingerprint density at radius 1 is 0.806 bits per heavy atom. The third kappa shape index (κ3) is 19.7. The Hall–Kier alpha value is -2.62. The molecule has 0 atom stereocenters. The van der Waals surface area contributed by atoms with Crippen LogP contribution in [0.2, 0.25) is 0 Å². The fourth-order valence-electron chi connectivity index (χ4n) is 3.64. The molecule has 0 fully saturated rings. The van der Waals surface area contributed by atoms with Crippen LogP contribution in [0.15, 0.2) is 61.7 Å². The Kier molecular flexibility index (Phi) is 22.3. The molecule has 0 saturated heterocycles. The molecule has 0 saturated carbocycles. The summed E-state index contributed by atoms with van der Waals surface area (Å²) in [5.74, 6) is -0.124. The summed E-state index contributed by atoms with van der Waals surface area (Å²) in [6, 6.07) is 7.40.